The molecule has 7 nitrogen and oxygen atoms in total. The molecule has 1 heterocycles. The molecular formula is C10H19NO6. The molecule has 100 valence electrons. The van der Waals surface area contributed by atoms with Gasteiger partial charge in [0.05, 0.1) is 6.61 Å². The molecule has 1 aliphatic rings. The Bertz CT molecular complexity index is 261. The normalized spacial score (nSPS) is 37.8. The molecule has 0 radical (unpaired) electrons. The molecule has 0 saturated carbocycles. The first kappa shape index (κ1) is 14.3. The number of hydrogen-bond acceptors (Lipinski definition) is 6. The van der Waals surface area contributed by atoms with Crippen LogP contribution in [0, 0.1) is 0 Å². The van der Waals surface area contributed by atoms with Crippen molar-refractivity contribution in [1.29, 1.82) is 0 Å². The second-order valence-electron chi connectivity index (χ2n) is 3.89. The fraction of sp³-hybridized carbons (Fsp3) is 0.900. The quantitative estimate of drug-likeness (QED) is 0.457. The van der Waals surface area contributed by atoms with Crippen LogP contribution >= 0.6 is 0 Å². The summed E-state index contributed by atoms with van der Waals surface area (Å²) in [5.41, 5.74) is 0. The van der Waals surface area contributed by atoms with Crippen LogP contribution < -0.4 is 5.32 Å². The summed E-state index contributed by atoms with van der Waals surface area (Å²) < 4.78 is 10.5. The minimum absolute atomic E-state index is 0.321. The van der Waals surface area contributed by atoms with Gasteiger partial charge < -0.3 is 30.1 Å². The van der Waals surface area contributed by atoms with E-state index in [-0.39, 0.29) is 5.91 Å². The molecule has 1 rings (SSSR count). The molecule has 0 spiro atoms. The van der Waals surface area contributed by atoms with E-state index in [1.165, 1.54) is 6.92 Å². The predicted octanol–water partition coefficient (Wildman–Crippen LogP) is -2.03. The molecule has 1 aliphatic heterocycles. The molecule has 5 atom stereocenters. The molecule has 1 saturated heterocycles. The van der Waals surface area contributed by atoms with Crippen LogP contribution in [0.25, 0.3) is 0 Å². The first-order valence-electron chi connectivity index (χ1n) is 5.52. The Morgan fingerprint density at radius 3 is 2.53 bits per heavy atom. The summed E-state index contributed by atoms with van der Waals surface area (Å²) in [4.78, 5) is 11.0. The summed E-state index contributed by atoms with van der Waals surface area (Å²) >= 11 is 0. The van der Waals surface area contributed by atoms with E-state index < -0.39 is 37.3 Å². The Morgan fingerprint density at radius 1 is 1.41 bits per heavy atom. The van der Waals surface area contributed by atoms with Crippen LogP contribution in [0.2, 0.25) is 0 Å². The third-order valence-corrected chi connectivity index (χ3v) is 2.58. The number of hydrogen-bond donors (Lipinski definition) is 4. The van der Waals surface area contributed by atoms with Gasteiger partial charge in [-0.25, -0.2) is 0 Å². The van der Waals surface area contributed by atoms with Gasteiger partial charge in [-0.3, -0.25) is 4.79 Å². The van der Waals surface area contributed by atoms with Gasteiger partial charge in [-0.2, -0.15) is 0 Å². The van der Waals surface area contributed by atoms with Crippen LogP contribution in [0.1, 0.15) is 13.8 Å². The second-order valence-corrected chi connectivity index (χ2v) is 3.89. The largest absolute Gasteiger partial charge is 0.394 e. The van der Waals surface area contributed by atoms with E-state index in [9.17, 15) is 15.0 Å². The van der Waals surface area contributed by atoms with Gasteiger partial charge in [-0.05, 0) is 6.92 Å². The number of amides is 1. The summed E-state index contributed by atoms with van der Waals surface area (Å²) in [5.74, 6) is -0.364. The molecular weight excluding hydrogens is 230 g/mol. The lowest BCUT2D eigenvalue weighted by atomic mass is 9.97. The number of rotatable bonds is 4. The van der Waals surface area contributed by atoms with Crippen molar-refractivity contribution >= 4 is 5.91 Å². The molecule has 0 aliphatic carbocycles. The Kier molecular flexibility index (Phi) is 5.29. The molecule has 0 bridgehead atoms. The molecule has 1 amide bonds. The molecule has 17 heavy (non-hydrogen) atoms. The highest BCUT2D eigenvalue weighted by atomic mass is 16.7. The van der Waals surface area contributed by atoms with Crippen molar-refractivity contribution in [2.75, 3.05) is 13.2 Å². The third-order valence-electron chi connectivity index (χ3n) is 2.58. The molecule has 7 heteroatoms. The van der Waals surface area contributed by atoms with E-state index in [4.69, 9.17) is 14.6 Å². The fourth-order valence-electron chi connectivity index (χ4n) is 1.78. The van der Waals surface area contributed by atoms with Crippen molar-refractivity contribution in [3.05, 3.63) is 0 Å². The highest BCUT2D eigenvalue weighted by Crippen LogP contribution is 2.21. The van der Waals surface area contributed by atoms with Crippen molar-refractivity contribution in [3.8, 4) is 0 Å². The van der Waals surface area contributed by atoms with Crippen molar-refractivity contribution < 1.29 is 29.6 Å². The minimum atomic E-state index is -1.27. The predicted molar refractivity (Wildman–Crippen MR) is 57.0 cm³/mol. The van der Waals surface area contributed by atoms with Gasteiger partial charge in [0, 0.05) is 13.5 Å². The van der Waals surface area contributed by atoms with Gasteiger partial charge in [-0.15, -0.1) is 0 Å². The number of carbonyl (C=O) groups excluding carboxylic acids is 1. The first-order chi connectivity index (χ1) is 8.01. The lowest BCUT2D eigenvalue weighted by molar-refractivity contribution is -0.268. The first-order valence-corrected chi connectivity index (χ1v) is 5.52. The van der Waals surface area contributed by atoms with Crippen LogP contribution in [0.5, 0.6) is 0 Å². The van der Waals surface area contributed by atoms with Crippen LogP contribution in [-0.2, 0) is 14.3 Å². The molecule has 4 N–H and O–H groups in total. The fourth-order valence-corrected chi connectivity index (χ4v) is 1.78. The standard InChI is InChI=1S/C10H19NO6/c1-3-16-10-7(11-5(2)13)9(15)8(14)6(4-12)17-10/h6-10,12,14-15H,3-4H2,1-2H3,(H,11,13)/t6-,7-,8+,9-,10+/m0/s1. The summed E-state index contributed by atoms with van der Waals surface area (Å²) in [5, 5.41) is 31.0. The van der Waals surface area contributed by atoms with Crippen LogP contribution in [-0.4, -0.2) is 65.1 Å². The number of carbonyl (C=O) groups is 1. The van der Waals surface area contributed by atoms with E-state index in [1.807, 2.05) is 0 Å². The highest BCUT2D eigenvalue weighted by molar-refractivity contribution is 5.73. The maximum atomic E-state index is 11.0. The number of ether oxygens (including phenoxy) is 2. The summed E-state index contributed by atoms with van der Waals surface area (Å²) in [6.07, 6.45) is -4.33. The van der Waals surface area contributed by atoms with E-state index in [1.54, 1.807) is 6.92 Å². The molecule has 1 fully saturated rings. The average Bonchev–Trinajstić information content (AvgIpc) is 2.28. The number of nitrogens with one attached hydrogen (secondary N) is 1. The van der Waals surface area contributed by atoms with E-state index >= 15 is 0 Å². The number of aliphatic hydroxyl groups excluding tert-OH is 3. The smallest absolute Gasteiger partial charge is 0.217 e. The van der Waals surface area contributed by atoms with Gasteiger partial charge in [0.2, 0.25) is 5.91 Å². The molecule has 0 aromatic carbocycles. The highest BCUT2D eigenvalue weighted by Gasteiger charge is 2.45. The van der Waals surface area contributed by atoms with E-state index in [0.717, 1.165) is 0 Å². The maximum Gasteiger partial charge on any atom is 0.217 e. The summed E-state index contributed by atoms with van der Waals surface area (Å²) in [6.45, 7) is 2.91. The van der Waals surface area contributed by atoms with Crippen LogP contribution in [0.4, 0.5) is 0 Å². The second kappa shape index (κ2) is 6.27. The lowest BCUT2D eigenvalue weighted by Gasteiger charge is -2.42. The van der Waals surface area contributed by atoms with Crippen molar-refractivity contribution in [2.24, 2.45) is 0 Å². The molecule has 0 unspecified atom stereocenters. The van der Waals surface area contributed by atoms with Gasteiger partial charge in [-0.1, -0.05) is 0 Å². The van der Waals surface area contributed by atoms with Gasteiger partial charge in [0.15, 0.2) is 6.29 Å². The van der Waals surface area contributed by atoms with Crippen molar-refractivity contribution in [3.63, 3.8) is 0 Å². The Morgan fingerprint density at radius 2 is 2.06 bits per heavy atom. The maximum absolute atomic E-state index is 11.0. The summed E-state index contributed by atoms with van der Waals surface area (Å²) in [6, 6.07) is -0.856. The molecule has 0 aromatic heterocycles. The third kappa shape index (κ3) is 3.36. The van der Waals surface area contributed by atoms with E-state index in [0.29, 0.717) is 6.61 Å². The monoisotopic (exact) mass is 249 g/mol. The van der Waals surface area contributed by atoms with Gasteiger partial charge >= 0.3 is 0 Å². The zero-order valence-electron chi connectivity index (χ0n) is 9.87. The molecule has 0 aromatic rings. The van der Waals surface area contributed by atoms with Crippen LogP contribution in [0.15, 0.2) is 0 Å². The van der Waals surface area contributed by atoms with Crippen molar-refractivity contribution in [2.45, 2.75) is 44.5 Å². The van der Waals surface area contributed by atoms with Gasteiger partial charge in [0.1, 0.15) is 24.4 Å². The topological polar surface area (TPSA) is 108 Å². The van der Waals surface area contributed by atoms with Gasteiger partial charge in [0.25, 0.3) is 0 Å². The SMILES string of the molecule is CCO[C@@H]1O[C@@H](CO)[C@@H](O)[C@@H](O)[C@@H]1NC(C)=O. The Balaban J connectivity index is 2.78. The lowest BCUT2D eigenvalue weighted by Crippen LogP contribution is -2.64. The minimum Gasteiger partial charge on any atom is -0.394 e. The number of aliphatic hydroxyl groups is 3. The Hall–Kier alpha value is -0.730. The zero-order valence-corrected chi connectivity index (χ0v) is 9.87. The van der Waals surface area contributed by atoms with Crippen LogP contribution in [0.3, 0.4) is 0 Å². The summed E-state index contributed by atoms with van der Waals surface area (Å²) in [7, 11) is 0. The Labute approximate surface area is 99.3 Å². The van der Waals surface area contributed by atoms with Crippen molar-refractivity contribution in [1.82, 2.24) is 5.32 Å². The van der Waals surface area contributed by atoms with E-state index in [2.05, 4.69) is 5.32 Å². The average molecular weight is 249 g/mol. The zero-order chi connectivity index (χ0) is 13.0.